The molecule has 1 aliphatic rings. The Morgan fingerprint density at radius 3 is 2.83 bits per heavy atom. The van der Waals surface area contributed by atoms with Gasteiger partial charge in [-0.1, -0.05) is 0 Å². The molecule has 98 valence electrons. The van der Waals surface area contributed by atoms with Gasteiger partial charge in [0.1, 0.15) is 6.04 Å². The molecule has 0 aliphatic carbocycles. The number of rotatable bonds is 2. The minimum Gasteiger partial charge on any atom is -0.467 e. The lowest BCUT2D eigenvalue weighted by atomic mass is 10.0. The van der Waals surface area contributed by atoms with Crippen molar-refractivity contribution in [2.45, 2.75) is 25.3 Å². The zero-order chi connectivity index (χ0) is 13.1. The summed E-state index contributed by atoms with van der Waals surface area (Å²) in [6.07, 6.45) is 2.58. The maximum Gasteiger partial charge on any atom is 0.328 e. The molecule has 0 aromatic carbocycles. The zero-order valence-corrected chi connectivity index (χ0v) is 12.4. The maximum absolute atomic E-state index is 12.4. The van der Waals surface area contributed by atoms with Crippen molar-refractivity contribution >= 4 is 39.1 Å². The van der Waals surface area contributed by atoms with Crippen molar-refractivity contribution in [3.8, 4) is 0 Å². The van der Waals surface area contributed by atoms with Crippen LogP contribution in [0.2, 0.25) is 0 Å². The first-order chi connectivity index (χ1) is 8.63. The van der Waals surface area contributed by atoms with Gasteiger partial charge >= 0.3 is 5.97 Å². The van der Waals surface area contributed by atoms with Crippen LogP contribution in [0, 0.1) is 0 Å². The highest BCUT2D eigenvalue weighted by molar-refractivity contribution is 9.11. The molecule has 0 spiro atoms. The largest absolute Gasteiger partial charge is 0.467 e. The number of likely N-dealkylation sites (tertiary alicyclic amines) is 1. The Balaban J connectivity index is 2.18. The Morgan fingerprint density at radius 1 is 1.44 bits per heavy atom. The number of ether oxygens (including phenoxy) is 1. The van der Waals surface area contributed by atoms with E-state index >= 15 is 0 Å². The number of esters is 1. The van der Waals surface area contributed by atoms with Crippen molar-refractivity contribution in [1.82, 2.24) is 4.90 Å². The van der Waals surface area contributed by atoms with Crippen LogP contribution in [0.15, 0.2) is 15.9 Å². The molecule has 1 amide bonds. The fourth-order valence-corrected chi connectivity index (χ4v) is 3.47. The van der Waals surface area contributed by atoms with Crippen LogP contribution in [-0.4, -0.2) is 36.5 Å². The van der Waals surface area contributed by atoms with Gasteiger partial charge in [-0.15, -0.1) is 11.3 Å². The Bertz CT molecular complexity index is 460. The molecule has 2 heterocycles. The molecule has 1 aliphatic heterocycles. The minimum atomic E-state index is -0.433. The number of halogens is 1. The van der Waals surface area contributed by atoms with Gasteiger partial charge in [0, 0.05) is 6.54 Å². The van der Waals surface area contributed by atoms with Crippen LogP contribution in [0.3, 0.4) is 0 Å². The van der Waals surface area contributed by atoms with Crippen LogP contribution in [0.25, 0.3) is 0 Å². The number of hydrogen-bond donors (Lipinski definition) is 0. The van der Waals surface area contributed by atoms with Crippen molar-refractivity contribution in [3.05, 3.63) is 20.8 Å². The van der Waals surface area contributed by atoms with E-state index in [0.29, 0.717) is 17.8 Å². The fourth-order valence-electron chi connectivity index (χ4n) is 2.13. The predicted molar refractivity (Wildman–Crippen MR) is 72.7 cm³/mol. The number of nitrogens with zero attached hydrogens (tertiary/aromatic N) is 1. The van der Waals surface area contributed by atoms with Gasteiger partial charge in [0.25, 0.3) is 5.91 Å². The summed E-state index contributed by atoms with van der Waals surface area (Å²) < 4.78 is 5.69. The summed E-state index contributed by atoms with van der Waals surface area (Å²) in [5.41, 5.74) is 0. The van der Waals surface area contributed by atoms with Gasteiger partial charge in [0.2, 0.25) is 0 Å². The molecule has 18 heavy (non-hydrogen) atoms. The van der Waals surface area contributed by atoms with Crippen molar-refractivity contribution < 1.29 is 14.3 Å². The topological polar surface area (TPSA) is 46.6 Å². The van der Waals surface area contributed by atoms with E-state index in [-0.39, 0.29) is 11.9 Å². The molecule has 4 nitrogen and oxygen atoms in total. The smallest absolute Gasteiger partial charge is 0.328 e. The van der Waals surface area contributed by atoms with Gasteiger partial charge in [0.15, 0.2) is 0 Å². The Morgan fingerprint density at radius 2 is 2.22 bits per heavy atom. The average Bonchev–Trinajstić information content (AvgIpc) is 2.83. The molecular weight excluding hydrogens is 318 g/mol. The first kappa shape index (κ1) is 13.5. The summed E-state index contributed by atoms with van der Waals surface area (Å²) in [5, 5.41) is 0. The summed E-state index contributed by atoms with van der Waals surface area (Å²) in [7, 11) is 1.36. The van der Waals surface area contributed by atoms with E-state index in [1.807, 2.05) is 6.07 Å². The molecule has 0 bridgehead atoms. The van der Waals surface area contributed by atoms with E-state index in [9.17, 15) is 9.59 Å². The van der Waals surface area contributed by atoms with Crippen molar-refractivity contribution in [1.29, 1.82) is 0 Å². The molecule has 1 fully saturated rings. The number of carbonyl (C=O) groups is 2. The van der Waals surface area contributed by atoms with Crippen LogP contribution in [-0.2, 0) is 9.53 Å². The molecule has 1 atom stereocenters. The van der Waals surface area contributed by atoms with E-state index < -0.39 is 6.04 Å². The van der Waals surface area contributed by atoms with Crippen LogP contribution in [0.5, 0.6) is 0 Å². The number of carbonyl (C=O) groups excluding carboxylic acids is 2. The normalized spacial score (nSPS) is 19.7. The van der Waals surface area contributed by atoms with Crippen LogP contribution >= 0.6 is 27.3 Å². The Kier molecular flexibility index (Phi) is 4.40. The van der Waals surface area contributed by atoms with Crippen molar-refractivity contribution in [2.24, 2.45) is 0 Å². The molecule has 0 N–H and O–H groups in total. The summed E-state index contributed by atoms with van der Waals surface area (Å²) >= 11 is 4.72. The second kappa shape index (κ2) is 5.84. The molecule has 0 radical (unpaired) electrons. The lowest BCUT2D eigenvalue weighted by Crippen LogP contribution is -2.48. The number of piperidine rings is 1. The summed E-state index contributed by atoms with van der Waals surface area (Å²) in [6.45, 7) is 0.619. The third kappa shape index (κ3) is 2.75. The monoisotopic (exact) mass is 331 g/mol. The molecule has 1 aromatic heterocycles. The highest BCUT2D eigenvalue weighted by atomic mass is 79.9. The van der Waals surface area contributed by atoms with Gasteiger partial charge in [-0.3, -0.25) is 4.79 Å². The predicted octanol–water partition coefficient (Wildman–Crippen LogP) is 2.68. The number of thiophene rings is 1. The quantitative estimate of drug-likeness (QED) is 0.783. The molecule has 0 unspecified atom stereocenters. The third-order valence-corrected chi connectivity index (χ3v) is 4.63. The SMILES string of the molecule is COC(=O)[C@@H]1CCCCN1C(=O)c1ccc(Br)s1. The molecule has 0 saturated carbocycles. The summed E-state index contributed by atoms with van der Waals surface area (Å²) in [4.78, 5) is 26.3. The fraction of sp³-hybridized carbons (Fsp3) is 0.500. The average molecular weight is 332 g/mol. The maximum atomic E-state index is 12.4. The van der Waals surface area contributed by atoms with E-state index in [1.165, 1.54) is 18.4 Å². The summed E-state index contributed by atoms with van der Waals surface area (Å²) in [6, 6.07) is 3.19. The molecular formula is C12H14BrNO3S. The van der Waals surface area contributed by atoms with Gasteiger partial charge in [-0.2, -0.15) is 0 Å². The van der Waals surface area contributed by atoms with Gasteiger partial charge < -0.3 is 9.64 Å². The number of methoxy groups -OCH3 is 1. The first-order valence-electron chi connectivity index (χ1n) is 5.77. The van der Waals surface area contributed by atoms with Crippen LogP contribution in [0.4, 0.5) is 0 Å². The highest BCUT2D eigenvalue weighted by Gasteiger charge is 2.33. The highest BCUT2D eigenvalue weighted by Crippen LogP contribution is 2.26. The van der Waals surface area contributed by atoms with Crippen molar-refractivity contribution in [3.63, 3.8) is 0 Å². The van der Waals surface area contributed by atoms with Crippen LogP contribution < -0.4 is 0 Å². The first-order valence-corrected chi connectivity index (χ1v) is 7.38. The second-order valence-electron chi connectivity index (χ2n) is 4.14. The molecule has 1 saturated heterocycles. The van der Waals surface area contributed by atoms with E-state index in [2.05, 4.69) is 15.9 Å². The lowest BCUT2D eigenvalue weighted by Gasteiger charge is -2.33. The van der Waals surface area contributed by atoms with Gasteiger partial charge in [-0.25, -0.2) is 4.79 Å². The number of hydrogen-bond acceptors (Lipinski definition) is 4. The van der Waals surface area contributed by atoms with Gasteiger partial charge in [-0.05, 0) is 47.3 Å². The standard InChI is InChI=1S/C12H14BrNO3S/c1-17-12(16)8-4-2-3-7-14(8)11(15)9-5-6-10(13)18-9/h5-6,8H,2-4,7H2,1H3/t8-/m0/s1. The molecule has 1 aromatic rings. The van der Waals surface area contributed by atoms with E-state index in [0.717, 1.165) is 16.6 Å². The lowest BCUT2D eigenvalue weighted by molar-refractivity contribution is -0.147. The zero-order valence-electron chi connectivity index (χ0n) is 10.0. The molecule has 6 heteroatoms. The van der Waals surface area contributed by atoms with Crippen molar-refractivity contribution in [2.75, 3.05) is 13.7 Å². The minimum absolute atomic E-state index is 0.0826. The second-order valence-corrected chi connectivity index (χ2v) is 6.60. The third-order valence-electron chi connectivity index (χ3n) is 3.02. The Hall–Kier alpha value is -0.880. The van der Waals surface area contributed by atoms with E-state index in [4.69, 9.17) is 4.74 Å². The van der Waals surface area contributed by atoms with Gasteiger partial charge in [0.05, 0.1) is 15.8 Å². The summed E-state index contributed by atoms with van der Waals surface area (Å²) in [5.74, 6) is -0.403. The molecule has 2 rings (SSSR count). The van der Waals surface area contributed by atoms with E-state index in [1.54, 1.807) is 11.0 Å². The number of amides is 1. The van der Waals surface area contributed by atoms with Crippen LogP contribution in [0.1, 0.15) is 28.9 Å². The Labute approximate surface area is 118 Å².